The molecule has 0 aromatic heterocycles. The molecule has 2 amide bonds. The minimum absolute atomic E-state index is 0.269. The molecule has 0 aliphatic carbocycles. The van der Waals surface area contributed by atoms with E-state index in [0.29, 0.717) is 12.5 Å². The van der Waals surface area contributed by atoms with Gasteiger partial charge in [-0.15, -0.1) is 0 Å². The van der Waals surface area contributed by atoms with E-state index in [1.54, 1.807) is 0 Å². The maximum absolute atomic E-state index is 12.0. The van der Waals surface area contributed by atoms with E-state index in [1.165, 1.54) is 24.0 Å². The second kappa shape index (κ2) is 10.1. The van der Waals surface area contributed by atoms with Gasteiger partial charge in [-0.2, -0.15) is 0 Å². The maximum Gasteiger partial charge on any atom is 0.314 e. The quantitative estimate of drug-likeness (QED) is 0.743. The van der Waals surface area contributed by atoms with Gasteiger partial charge in [0.05, 0.1) is 0 Å². The topological polar surface area (TPSA) is 58.4 Å². The van der Waals surface area contributed by atoms with E-state index in [2.05, 4.69) is 53.8 Å². The Labute approximate surface area is 162 Å². The molecular formula is C23H31N3O. The summed E-state index contributed by atoms with van der Waals surface area (Å²) in [5, 5.41) is 3.45. The normalized spacial score (nSPS) is 17.0. The molecule has 1 unspecified atom stereocenters. The van der Waals surface area contributed by atoms with Gasteiger partial charge in [-0.25, -0.2) is 4.79 Å². The van der Waals surface area contributed by atoms with E-state index in [0.717, 1.165) is 32.5 Å². The maximum atomic E-state index is 12.0. The van der Waals surface area contributed by atoms with Crippen LogP contribution in [0.2, 0.25) is 0 Å². The van der Waals surface area contributed by atoms with Crippen LogP contribution in [0.4, 0.5) is 4.79 Å². The molecule has 2 aromatic rings. The fourth-order valence-corrected chi connectivity index (χ4v) is 4.02. The van der Waals surface area contributed by atoms with Gasteiger partial charge in [-0.3, -0.25) is 0 Å². The molecule has 3 N–H and O–H groups in total. The van der Waals surface area contributed by atoms with E-state index < -0.39 is 0 Å². The van der Waals surface area contributed by atoms with Gasteiger partial charge >= 0.3 is 6.03 Å². The molecule has 4 heteroatoms. The largest absolute Gasteiger partial charge is 0.351 e. The SMILES string of the molecule is NC(=O)N(CCC1CCCNC1)CCC(c1ccccc1)c1ccccc1. The summed E-state index contributed by atoms with van der Waals surface area (Å²) in [5.41, 5.74) is 8.25. The van der Waals surface area contributed by atoms with E-state index in [4.69, 9.17) is 5.73 Å². The molecule has 1 saturated heterocycles. The number of nitrogens with zero attached hydrogens (tertiary/aromatic N) is 1. The average Bonchev–Trinajstić information content (AvgIpc) is 2.72. The number of hydrogen-bond donors (Lipinski definition) is 2. The smallest absolute Gasteiger partial charge is 0.314 e. The number of nitrogens with one attached hydrogen (secondary N) is 1. The van der Waals surface area contributed by atoms with Crippen LogP contribution in [0.25, 0.3) is 0 Å². The van der Waals surface area contributed by atoms with Crippen molar-refractivity contribution < 1.29 is 4.79 Å². The highest BCUT2D eigenvalue weighted by molar-refractivity contribution is 5.71. The summed E-state index contributed by atoms with van der Waals surface area (Å²) in [4.78, 5) is 13.8. The summed E-state index contributed by atoms with van der Waals surface area (Å²) in [6.07, 6.45) is 4.37. The summed E-state index contributed by atoms with van der Waals surface area (Å²) in [6.45, 7) is 3.61. The Morgan fingerprint density at radius 3 is 2.19 bits per heavy atom. The first kappa shape index (κ1) is 19.4. The number of benzene rings is 2. The van der Waals surface area contributed by atoms with Gasteiger partial charge in [0, 0.05) is 19.0 Å². The Balaban J connectivity index is 1.64. The molecule has 1 fully saturated rings. The highest BCUT2D eigenvalue weighted by atomic mass is 16.2. The Kier molecular flexibility index (Phi) is 7.28. The molecule has 0 saturated carbocycles. The molecular weight excluding hydrogens is 334 g/mol. The van der Waals surface area contributed by atoms with Crippen molar-refractivity contribution in [2.24, 2.45) is 11.7 Å². The zero-order chi connectivity index (χ0) is 18.9. The van der Waals surface area contributed by atoms with Gasteiger partial charge in [-0.05, 0) is 55.8 Å². The number of piperidine rings is 1. The molecule has 1 aliphatic rings. The fourth-order valence-electron chi connectivity index (χ4n) is 4.02. The first-order valence-corrected chi connectivity index (χ1v) is 10.1. The van der Waals surface area contributed by atoms with Gasteiger partial charge in [0.2, 0.25) is 0 Å². The first-order valence-electron chi connectivity index (χ1n) is 10.1. The lowest BCUT2D eigenvalue weighted by molar-refractivity contribution is 0.198. The van der Waals surface area contributed by atoms with Crippen LogP contribution in [0.15, 0.2) is 60.7 Å². The third kappa shape index (κ3) is 5.83. The Morgan fingerprint density at radius 1 is 1.04 bits per heavy atom. The van der Waals surface area contributed by atoms with Crippen LogP contribution in [0, 0.1) is 5.92 Å². The monoisotopic (exact) mass is 365 g/mol. The zero-order valence-electron chi connectivity index (χ0n) is 16.0. The lowest BCUT2D eigenvalue weighted by Gasteiger charge is -2.28. The van der Waals surface area contributed by atoms with Crippen LogP contribution < -0.4 is 11.1 Å². The summed E-state index contributed by atoms with van der Waals surface area (Å²) in [5.74, 6) is 0.922. The highest BCUT2D eigenvalue weighted by Gasteiger charge is 2.19. The number of carbonyl (C=O) groups is 1. The van der Waals surface area contributed by atoms with Gasteiger partial charge in [0.1, 0.15) is 0 Å². The number of carbonyl (C=O) groups excluding carboxylic acids is 1. The number of hydrogen-bond acceptors (Lipinski definition) is 2. The van der Waals surface area contributed by atoms with Gasteiger partial charge in [0.15, 0.2) is 0 Å². The minimum atomic E-state index is -0.307. The van der Waals surface area contributed by atoms with Crippen LogP contribution in [-0.2, 0) is 0 Å². The van der Waals surface area contributed by atoms with Crippen molar-refractivity contribution in [3.8, 4) is 0 Å². The van der Waals surface area contributed by atoms with E-state index in [9.17, 15) is 4.79 Å². The lowest BCUT2D eigenvalue weighted by Crippen LogP contribution is -2.40. The highest BCUT2D eigenvalue weighted by Crippen LogP contribution is 2.28. The predicted octanol–water partition coefficient (Wildman–Crippen LogP) is 3.98. The Bertz CT molecular complexity index is 644. The molecule has 2 aromatic carbocycles. The third-order valence-corrected chi connectivity index (χ3v) is 5.61. The van der Waals surface area contributed by atoms with Crippen molar-refractivity contribution in [1.29, 1.82) is 0 Å². The number of amides is 2. The second-order valence-electron chi connectivity index (χ2n) is 7.49. The van der Waals surface area contributed by atoms with Crippen molar-refractivity contribution >= 4 is 6.03 Å². The molecule has 27 heavy (non-hydrogen) atoms. The Morgan fingerprint density at radius 2 is 1.67 bits per heavy atom. The van der Waals surface area contributed by atoms with E-state index >= 15 is 0 Å². The molecule has 4 nitrogen and oxygen atoms in total. The van der Waals surface area contributed by atoms with Crippen molar-refractivity contribution in [3.05, 3.63) is 71.8 Å². The van der Waals surface area contributed by atoms with Crippen molar-refractivity contribution in [2.45, 2.75) is 31.6 Å². The second-order valence-corrected chi connectivity index (χ2v) is 7.49. The standard InChI is InChI=1S/C23H31N3O/c24-23(27)26(16-13-19-8-7-15-25-18-19)17-14-22(20-9-3-1-4-10-20)21-11-5-2-6-12-21/h1-6,9-12,19,22,25H,7-8,13-18H2,(H2,24,27). The van der Waals surface area contributed by atoms with Crippen molar-refractivity contribution in [1.82, 2.24) is 10.2 Å². The summed E-state index contributed by atoms with van der Waals surface area (Å²) in [7, 11) is 0. The summed E-state index contributed by atoms with van der Waals surface area (Å²) in [6, 6.07) is 20.7. The van der Waals surface area contributed by atoms with Gasteiger partial charge in [0.25, 0.3) is 0 Å². The van der Waals surface area contributed by atoms with Crippen LogP contribution in [0.1, 0.15) is 42.7 Å². The minimum Gasteiger partial charge on any atom is -0.351 e. The molecule has 3 rings (SSSR count). The molecule has 1 atom stereocenters. The lowest BCUT2D eigenvalue weighted by atomic mass is 9.88. The molecule has 0 spiro atoms. The molecule has 0 radical (unpaired) electrons. The summed E-state index contributed by atoms with van der Waals surface area (Å²) >= 11 is 0. The van der Waals surface area contributed by atoms with Crippen LogP contribution in [-0.4, -0.2) is 37.1 Å². The van der Waals surface area contributed by atoms with Crippen LogP contribution in [0.3, 0.4) is 0 Å². The number of primary amides is 1. The van der Waals surface area contributed by atoms with Crippen LogP contribution >= 0.6 is 0 Å². The van der Waals surface area contributed by atoms with Crippen LogP contribution in [0.5, 0.6) is 0 Å². The van der Waals surface area contributed by atoms with E-state index in [1.807, 2.05) is 17.0 Å². The molecule has 144 valence electrons. The first-order chi connectivity index (χ1) is 13.2. The van der Waals surface area contributed by atoms with E-state index in [-0.39, 0.29) is 11.9 Å². The fraction of sp³-hybridized carbons (Fsp3) is 0.435. The predicted molar refractivity (Wildman–Crippen MR) is 111 cm³/mol. The number of rotatable bonds is 8. The van der Waals surface area contributed by atoms with Crippen molar-refractivity contribution in [3.63, 3.8) is 0 Å². The average molecular weight is 366 g/mol. The molecule has 1 heterocycles. The molecule has 1 aliphatic heterocycles. The number of urea groups is 1. The molecule has 0 bridgehead atoms. The summed E-state index contributed by atoms with van der Waals surface area (Å²) < 4.78 is 0. The number of nitrogens with two attached hydrogens (primary N) is 1. The zero-order valence-corrected chi connectivity index (χ0v) is 16.0. The van der Waals surface area contributed by atoms with Crippen molar-refractivity contribution in [2.75, 3.05) is 26.2 Å². The third-order valence-electron chi connectivity index (χ3n) is 5.61. The Hall–Kier alpha value is -2.33. The van der Waals surface area contributed by atoms with Gasteiger partial charge < -0.3 is 16.0 Å². The van der Waals surface area contributed by atoms with Gasteiger partial charge in [-0.1, -0.05) is 60.7 Å².